The van der Waals surface area contributed by atoms with Crippen LogP contribution in [0.25, 0.3) is 11.0 Å². The summed E-state index contributed by atoms with van der Waals surface area (Å²) in [6.07, 6.45) is 4.78. The Morgan fingerprint density at radius 1 is 1.20 bits per heavy atom. The number of imidazole rings is 1. The van der Waals surface area contributed by atoms with Crippen molar-refractivity contribution in [1.82, 2.24) is 14.9 Å². The fourth-order valence-corrected chi connectivity index (χ4v) is 2.51. The number of aryl methyl sites for hydroxylation is 1. The molecule has 0 bridgehead atoms. The highest BCUT2D eigenvalue weighted by Crippen LogP contribution is 2.21. The normalized spacial score (nSPS) is 11.3. The van der Waals surface area contributed by atoms with Crippen LogP contribution >= 0.6 is 11.6 Å². The molecule has 1 heterocycles. The van der Waals surface area contributed by atoms with Gasteiger partial charge in [-0.1, -0.05) is 38.3 Å². The van der Waals surface area contributed by atoms with Crippen LogP contribution in [0.5, 0.6) is 0 Å². The summed E-state index contributed by atoms with van der Waals surface area (Å²) in [5, 5.41) is 4.26. The summed E-state index contributed by atoms with van der Waals surface area (Å²) in [7, 11) is 0. The molecule has 2 rings (SSSR count). The second-order valence-electron chi connectivity index (χ2n) is 5.20. The van der Waals surface area contributed by atoms with E-state index in [-0.39, 0.29) is 0 Å². The number of rotatable bonds is 8. The second kappa shape index (κ2) is 7.65. The molecule has 0 aliphatic rings. The van der Waals surface area contributed by atoms with E-state index in [4.69, 9.17) is 16.6 Å². The number of unbranched alkanes of at least 4 members (excludes halogenated alkanes) is 2. The molecule has 0 fully saturated rings. The van der Waals surface area contributed by atoms with E-state index in [0.717, 1.165) is 41.5 Å². The van der Waals surface area contributed by atoms with Crippen LogP contribution in [0.4, 0.5) is 0 Å². The molecule has 4 heteroatoms. The summed E-state index contributed by atoms with van der Waals surface area (Å²) in [5.41, 5.74) is 2.19. The van der Waals surface area contributed by atoms with Crippen LogP contribution in [-0.4, -0.2) is 16.1 Å². The average Bonchev–Trinajstić information content (AvgIpc) is 2.78. The summed E-state index contributed by atoms with van der Waals surface area (Å²) in [6.45, 7) is 7.31. The smallest absolute Gasteiger partial charge is 0.123 e. The number of aromatic nitrogens is 2. The molecule has 0 saturated heterocycles. The Hall–Kier alpha value is -1.06. The van der Waals surface area contributed by atoms with E-state index in [9.17, 15) is 0 Å². The lowest BCUT2D eigenvalue weighted by Crippen LogP contribution is -2.18. The molecule has 0 unspecified atom stereocenters. The molecule has 3 nitrogen and oxygen atoms in total. The fraction of sp³-hybridized carbons (Fsp3) is 0.562. The third kappa shape index (κ3) is 3.74. The minimum absolute atomic E-state index is 0.778. The van der Waals surface area contributed by atoms with Crippen molar-refractivity contribution in [3.8, 4) is 0 Å². The topological polar surface area (TPSA) is 29.9 Å². The van der Waals surface area contributed by atoms with Gasteiger partial charge in [-0.15, -0.1) is 0 Å². The van der Waals surface area contributed by atoms with Crippen LogP contribution in [0, 0.1) is 0 Å². The number of hydrogen-bond donors (Lipinski definition) is 1. The Bertz CT molecular complexity index is 548. The van der Waals surface area contributed by atoms with Crippen LogP contribution in [0.2, 0.25) is 5.02 Å². The van der Waals surface area contributed by atoms with E-state index in [2.05, 4.69) is 23.7 Å². The van der Waals surface area contributed by atoms with Crippen molar-refractivity contribution in [3.05, 3.63) is 29.0 Å². The van der Waals surface area contributed by atoms with E-state index < -0.39 is 0 Å². The number of nitrogens with one attached hydrogen (secondary N) is 1. The lowest BCUT2D eigenvalue weighted by molar-refractivity contribution is 0.570. The zero-order valence-corrected chi connectivity index (χ0v) is 13.2. The molecule has 110 valence electrons. The number of halogens is 1. The van der Waals surface area contributed by atoms with Crippen molar-refractivity contribution >= 4 is 22.6 Å². The fourth-order valence-electron chi connectivity index (χ4n) is 2.35. The van der Waals surface area contributed by atoms with E-state index in [1.54, 1.807) is 0 Å². The number of hydrogen-bond acceptors (Lipinski definition) is 2. The summed E-state index contributed by atoms with van der Waals surface area (Å²) in [6, 6.07) is 5.94. The highest BCUT2D eigenvalue weighted by molar-refractivity contribution is 6.31. The minimum atomic E-state index is 0.778. The SMILES string of the molecule is CCCCNCc1nc2ccc(Cl)cc2n1CCCC. The van der Waals surface area contributed by atoms with Gasteiger partial charge in [-0.05, 0) is 37.6 Å². The molecule has 0 radical (unpaired) electrons. The Balaban J connectivity index is 2.21. The van der Waals surface area contributed by atoms with Crippen LogP contribution in [0.15, 0.2) is 18.2 Å². The van der Waals surface area contributed by atoms with E-state index in [1.807, 2.05) is 18.2 Å². The molecule has 1 N–H and O–H groups in total. The lowest BCUT2D eigenvalue weighted by Gasteiger charge is -2.09. The predicted molar refractivity (Wildman–Crippen MR) is 86.3 cm³/mol. The molecule has 0 aliphatic carbocycles. The summed E-state index contributed by atoms with van der Waals surface area (Å²) in [5.74, 6) is 1.12. The first-order valence-electron chi connectivity index (χ1n) is 7.61. The van der Waals surface area contributed by atoms with Crippen LogP contribution < -0.4 is 5.32 Å². The van der Waals surface area contributed by atoms with Crippen LogP contribution in [0.3, 0.4) is 0 Å². The van der Waals surface area contributed by atoms with Crippen molar-refractivity contribution in [2.45, 2.75) is 52.6 Å². The maximum Gasteiger partial charge on any atom is 0.123 e. The Morgan fingerprint density at radius 3 is 2.75 bits per heavy atom. The van der Waals surface area contributed by atoms with Gasteiger partial charge in [0.25, 0.3) is 0 Å². The molecule has 0 spiro atoms. The first-order valence-corrected chi connectivity index (χ1v) is 7.99. The van der Waals surface area contributed by atoms with Gasteiger partial charge in [-0.25, -0.2) is 4.98 Å². The van der Waals surface area contributed by atoms with Gasteiger partial charge in [-0.3, -0.25) is 0 Å². The van der Waals surface area contributed by atoms with Gasteiger partial charge in [-0.2, -0.15) is 0 Å². The molecule has 20 heavy (non-hydrogen) atoms. The summed E-state index contributed by atoms with van der Waals surface area (Å²) >= 11 is 6.12. The predicted octanol–water partition coefficient (Wildman–Crippen LogP) is 4.38. The maximum absolute atomic E-state index is 6.12. The first kappa shape index (κ1) is 15.3. The molecule has 1 aromatic heterocycles. The van der Waals surface area contributed by atoms with E-state index in [0.29, 0.717) is 0 Å². The maximum atomic E-state index is 6.12. The third-order valence-electron chi connectivity index (χ3n) is 3.51. The van der Waals surface area contributed by atoms with Crippen molar-refractivity contribution in [2.24, 2.45) is 0 Å². The zero-order chi connectivity index (χ0) is 14.4. The number of fused-ring (bicyclic) bond motifs is 1. The summed E-state index contributed by atoms with van der Waals surface area (Å²) in [4.78, 5) is 4.75. The third-order valence-corrected chi connectivity index (χ3v) is 3.75. The Labute approximate surface area is 126 Å². The van der Waals surface area contributed by atoms with Crippen molar-refractivity contribution < 1.29 is 0 Å². The van der Waals surface area contributed by atoms with E-state index in [1.165, 1.54) is 25.7 Å². The van der Waals surface area contributed by atoms with Gasteiger partial charge in [0.2, 0.25) is 0 Å². The molecule has 0 aliphatic heterocycles. The minimum Gasteiger partial charge on any atom is -0.327 e. The van der Waals surface area contributed by atoms with Crippen molar-refractivity contribution in [1.29, 1.82) is 0 Å². The van der Waals surface area contributed by atoms with Crippen molar-refractivity contribution in [3.63, 3.8) is 0 Å². The average molecular weight is 294 g/mol. The Kier molecular flexibility index (Phi) is 5.86. The van der Waals surface area contributed by atoms with Gasteiger partial charge < -0.3 is 9.88 Å². The quantitative estimate of drug-likeness (QED) is 0.732. The standard InChI is InChI=1S/C16H24ClN3/c1-3-5-9-18-12-16-19-14-8-7-13(17)11-15(14)20(16)10-6-4-2/h7-8,11,18H,3-6,9-10,12H2,1-2H3. The largest absolute Gasteiger partial charge is 0.327 e. The van der Waals surface area contributed by atoms with Gasteiger partial charge in [0.1, 0.15) is 5.82 Å². The summed E-state index contributed by atoms with van der Waals surface area (Å²) < 4.78 is 2.31. The molecule has 0 saturated carbocycles. The van der Waals surface area contributed by atoms with Gasteiger partial charge in [0, 0.05) is 11.6 Å². The number of nitrogens with zero attached hydrogens (tertiary/aromatic N) is 2. The molecular formula is C16H24ClN3. The molecule has 0 atom stereocenters. The monoisotopic (exact) mass is 293 g/mol. The first-order chi connectivity index (χ1) is 9.76. The molecule has 1 aromatic carbocycles. The molecule has 2 aromatic rings. The lowest BCUT2D eigenvalue weighted by atomic mass is 10.3. The number of benzene rings is 1. The van der Waals surface area contributed by atoms with Gasteiger partial charge in [0.05, 0.1) is 17.6 Å². The van der Waals surface area contributed by atoms with Crippen LogP contribution in [0.1, 0.15) is 45.4 Å². The van der Waals surface area contributed by atoms with Crippen molar-refractivity contribution in [2.75, 3.05) is 6.54 Å². The highest BCUT2D eigenvalue weighted by atomic mass is 35.5. The van der Waals surface area contributed by atoms with Gasteiger partial charge >= 0.3 is 0 Å². The molecule has 0 amide bonds. The van der Waals surface area contributed by atoms with Gasteiger partial charge in [0.15, 0.2) is 0 Å². The van der Waals surface area contributed by atoms with E-state index >= 15 is 0 Å². The zero-order valence-electron chi connectivity index (χ0n) is 12.5. The molecular weight excluding hydrogens is 270 g/mol. The second-order valence-corrected chi connectivity index (χ2v) is 5.63. The van der Waals surface area contributed by atoms with Crippen LogP contribution in [-0.2, 0) is 13.1 Å². The highest BCUT2D eigenvalue weighted by Gasteiger charge is 2.10. The Morgan fingerprint density at radius 2 is 2.00 bits per heavy atom.